The molecule has 2 aromatic rings. The highest BCUT2D eigenvalue weighted by atomic mass is 35.5. The molecule has 0 heterocycles. The first kappa shape index (κ1) is 15.0. The fourth-order valence-electron chi connectivity index (χ4n) is 1.73. The molecule has 0 aromatic heterocycles. The van der Waals surface area contributed by atoms with E-state index in [-0.39, 0.29) is 21.8 Å². The van der Waals surface area contributed by atoms with E-state index >= 15 is 0 Å². The van der Waals surface area contributed by atoms with E-state index in [1.165, 1.54) is 30.3 Å². The molecule has 2 N–H and O–H groups in total. The van der Waals surface area contributed by atoms with E-state index in [0.29, 0.717) is 5.56 Å². The molecule has 0 aliphatic carbocycles. The first-order valence-corrected chi connectivity index (χ1v) is 6.36. The topological polar surface area (TPSA) is 66.4 Å². The molecule has 2 aromatic carbocycles. The SMILES string of the molecule is Cc1ccc(C(=O)Nc2ccc(Cl)cc2C(=O)O)cc1F. The maximum Gasteiger partial charge on any atom is 0.337 e. The van der Waals surface area contributed by atoms with Crippen LogP contribution in [-0.2, 0) is 0 Å². The molecule has 0 bridgehead atoms. The Bertz CT molecular complexity index is 731. The van der Waals surface area contributed by atoms with Crippen molar-refractivity contribution in [1.82, 2.24) is 0 Å². The molecule has 108 valence electrons. The van der Waals surface area contributed by atoms with E-state index < -0.39 is 17.7 Å². The van der Waals surface area contributed by atoms with Crippen molar-refractivity contribution in [2.24, 2.45) is 0 Å². The Morgan fingerprint density at radius 2 is 1.90 bits per heavy atom. The lowest BCUT2D eigenvalue weighted by atomic mass is 10.1. The maximum atomic E-state index is 13.4. The van der Waals surface area contributed by atoms with Gasteiger partial charge in [-0.05, 0) is 42.8 Å². The van der Waals surface area contributed by atoms with Crippen LogP contribution in [0.1, 0.15) is 26.3 Å². The predicted molar refractivity (Wildman–Crippen MR) is 77.5 cm³/mol. The quantitative estimate of drug-likeness (QED) is 0.907. The average Bonchev–Trinajstić information content (AvgIpc) is 2.43. The van der Waals surface area contributed by atoms with Gasteiger partial charge in [-0.15, -0.1) is 0 Å². The van der Waals surface area contributed by atoms with Gasteiger partial charge in [0.25, 0.3) is 5.91 Å². The zero-order valence-electron chi connectivity index (χ0n) is 11.0. The van der Waals surface area contributed by atoms with E-state index in [1.54, 1.807) is 6.92 Å². The average molecular weight is 308 g/mol. The molecule has 0 aliphatic heterocycles. The third-order valence-corrected chi connectivity index (χ3v) is 3.13. The number of halogens is 2. The Morgan fingerprint density at radius 3 is 2.52 bits per heavy atom. The van der Waals surface area contributed by atoms with Crippen LogP contribution in [0.4, 0.5) is 10.1 Å². The van der Waals surface area contributed by atoms with Crippen molar-refractivity contribution in [3.63, 3.8) is 0 Å². The lowest BCUT2D eigenvalue weighted by Gasteiger charge is -2.09. The molecule has 0 saturated heterocycles. The minimum atomic E-state index is -1.22. The number of amides is 1. The summed E-state index contributed by atoms with van der Waals surface area (Å²) in [5.74, 6) is -2.32. The van der Waals surface area contributed by atoms with Gasteiger partial charge in [-0.3, -0.25) is 4.79 Å². The van der Waals surface area contributed by atoms with Gasteiger partial charge < -0.3 is 10.4 Å². The van der Waals surface area contributed by atoms with E-state index in [1.807, 2.05) is 0 Å². The zero-order valence-corrected chi connectivity index (χ0v) is 11.7. The summed E-state index contributed by atoms with van der Waals surface area (Å²) in [5, 5.41) is 11.8. The molecule has 0 unspecified atom stereocenters. The monoisotopic (exact) mass is 307 g/mol. The standard InChI is InChI=1S/C15H11ClFNO3/c1-8-2-3-9(6-12(8)17)14(19)18-13-5-4-10(16)7-11(13)15(20)21/h2-7H,1H3,(H,18,19)(H,20,21). The summed E-state index contributed by atoms with van der Waals surface area (Å²) in [4.78, 5) is 23.2. The molecule has 0 fully saturated rings. The maximum absolute atomic E-state index is 13.4. The highest BCUT2D eigenvalue weighted by molar-refractivity contribution is 6.31. The summed E-state index contributed by atoms with van der Waals surface area (Å²) in [6.45, 7) is 1.58. The van der Waals surface area contributed by atoms with Gasteiger partial charge in [-0.25, -0.2) is 9.18 Å². The van der Waals surface area contributed by atoms with E-state index in [9.17, 15) is 14.0 Å². The second-order valence-electron chi connectivity index (χ2n) is 4.41. The molecule has 4 nitrogen and oxygen atoms in total. The Kier molecular flexibility index (Phi) is 4.23. The first-order chi connectivity index (χ1) is 9.88. The number of aryl methyl sites for hydroxylation is 1. The van der Waals surface area contributed by atoms with Crippen molar-refractivity contribution in [2.45, 2.75) is 6.92 Å². The molecule has 0 spiro atoms. The van der Waals surface area contributed by atoms with Gasteiger partial charge in [0, 0.05) is 10.6 Å². The number of benzene rings is 2. The Labute approximate surface area is 125 Å². The van der Waals surface area contributed by atoms with Crippen LogP contribution >= 0.6 is 11.6 Å². The van der Waals surface area contributed by atoms with Gasteiger partial charge in [0.05, 0.1) is 11.3 Å². The number of aromatic carboxylic acids is 1. The molecule has 2 rings (SSSR count). The van der Waals surface area contributed by atoms with Crippen LogP contribution in [0.3, 0.4) is 0 Å². The highest BCUT2D eigenvalue weighted by Crippen LogP contribution is 2.21. The van der Waals surface area contributed by atoms with E-state index in [4.69, 9.17) is 16.7 Å². The lowest BCUT2D eigenvalue weighted by Crippen LogP contribution is -2.15. The molecule has 6 heteroatoms. The number of carbonyl (C=O) groups excluding carboxylic acids is 1. The summed E-state index contributed by atoms with van der Waals surface area (Å²) < 4.78 is 13.4. The van der Waals surface area contributed by atoms with E-state index in [0.717, 1.165) is 6.07 Å². The van der Waals surface area contributed by atoms with Crippen LogP contribution < -0.4 is 5.32 Å². The Morgan fingerprint density at radius 1 is 1.19 bits per heavy atom. The van der Waals surface area contributed by atoms with Crippen LogP contribution in [0.2, 0.25) is 5.02 Å². The summed E-state index contributed by atoms with van der Waals surface area (Å²) in [6, 6.07) is 8.11. The smallest absolute Gasteiger partial charge is 0.337 e. The molecule has 1 amide bonds. The predicted octanol–water partition coefficient (Wildman–Crippen LogP) is 3.74. The zero-order chi connectivity index (χ0) is 15.6. The van der Waals surface area contributed by atoms with Gasteiger partial charge >= 0.3 is 5.97 Å². The molecular weight excluding hydrogens is 297 g/mol. The largest absolute Gasteiger partial charge is 0.478 e. The lowest BCUT2D eigenvalue weighted by molar-refractivity contribution is 0.0698. The van der Waals surface area contributed by atoms with Crippen molar-refractivity contribution in [3.05, 3.63) is 63.9 Å². The van der Waals surface area contributed by atoms with Gasteiger partial charge in [0.2, 0.25) is 0 Å². The van der Waals surface area contributed by atoms with Crippen LogP contribution in [-0.4, -0.2) is 17.0 Å². The van der Waals surface area contributed by atoms with Crippen LogP contribution in [0.15, 0.2) is 36.4 Å². The van der Waals surface area contributed by atoms with Gasteiger partial charge in [-0.1, -0.05) is 17.7 Å². The molecule has 0 saturated carbocycles. The molecule has 0 radical (unpaired) electrons. The Hall–Kier alpha value is -2.40. The minimum absolute atomic E-state index is 0.0953. The highest BCUT2D eigenvalue weighted by Gasteiger charge is 2.15. The third-order valence-electron chi connectivity index (χ3n) is 2.89. The van der Waals surface area contributed by atoms with Crippen LogP contribution in [0, 0.1) is 12.7 Å². The number of carbonyl (C=O) groups is 2. The van der Waals surface area contributed by atoms with Crippen LogP contribution in [0.5, 0.6) is 0 Å². The van der Waals surface area contributed by atoms with Crippen molar-refractivity contribution >= 4 is 29.2 Å². The minimum Gasteiger partial charge on any atom is -0.478 e. The van der Waals surface area contributed by atoms with E-state index in [2.05, 4.69) is 5.32 Å². The fourth-order valence-corrected chi connectivity index (χ4v) is 1.90. The number of carboxylic acids is 1. The number of nitrogens with one attached hydrogen (secondary N) is 1. The van der Waals surface area contributed by atoms with Crippen molar-refractivity contribution < 1.29 is 19.1 Å². The van der Waals surface area contributed by atoms with Crippen molar-refractivity contribution in [1.29, 1.82) is 0 Å². The molecule has 0 atom stereocenters. The number of hydrogen-bond donors (Lipinski definition) is 2. The molecule has 21 heavy (non-hydrogen) atoms. The number of hydrogen-bond acceptors (Lipinski definition) is 2. The normalized spacial score (nSPS) is 10.2. The number of anilines is 1. The fraction of sp³-hybridized carbons (Fsp3) is 0.0667. The second kappa shape index (κ2) is 5.93. The van der Waals surface area contributed by atoms with Crippen molar-refractivity contribution in [3.8, 4) is 0 Å². The summed E-state index contributed by atoms with van der Waals surface area (Å²) in [6.07, 6.45) is 0. The van der Waals surface area contributed by atoms with Gasteiger partial charge in [0.15, 0.2) is 0 Å². The summed E-state index contributed by atoms with van der Waals surface area (Å²) in [5.41, 5.74) is 0.481. The Balaban J connectivity index is 2.31. The first-order valence-electron chi connectivity index (χ1n) is 5.99. The summed E-state index contributed by atoms with van der Waals surface area (Å²) >= 11 is 5.73. The van der Waals surface area contributed by atoms with Gasteiger partial charge in [-0.2, -0.15) is 0 Å². The molecular formula is C15H11ClFNO3. The summed E-state index contributed by atoms with van der Waals surface area (Å²) in [7, 11) is 0. The van der Waals surface area contributed by atoms with Crippen LogP contribution in [0.25, 0.3) is 0 Å². The van der Waals surface area contributed by atoms with Gasteiger partial charge in [0.1, 0.15) is 5.82 Å². The second-order valence-corrected chi connectivity index (χ2v) is 4.85. The number of carboxylic acid groups (broad SMARTS) is 1. The van der Waals surface area contributed by atoms with Crippen molar-refractivity contribution in [2.75, 3.05) is 5.32 Å². The molecule has 0 aliphatic rings. The number of rotatable bonds is 3. The third kappa shape index (κ3) is 3.38.